The van der Waals surface area contributed by atoms with Crippen molar-refractivity contribution in [3.8, 4) is 0 Å². The molecule has 1 atom stereocenters. The molecule has 2 aromatic carbocycles. The summed E-state index contributed by atoms with van der Waals surface area (Å²) in [5.41, 5.74) is 4.34. The summed E-state index contributed by atoms with van der Waals surface area (Å²) in [6.07, 6.45) is 1.89. The summed E-state index contributed by atoms with van der Waals surface area (Å²) >= 11 is 0. The van der Waals surface area contributed by atoms with Crippen molar-refractivity contribution in [3.63, 3.8) is 0 Å². The van der Waals surface area contributed by atoms with Gasteiger partial charge in [-0.05, 0) is 42.7 Å². The summed E-state index contributed by atoms with van der Waals surface area (Å²) in [6, 6.07) is 11.4. The predicted octanol–water partition coefficient (Wildman–Crippen LogP) is -0.729. The Balaban J connectivity index is 0.00000261. The largest absolute Gasteiger partial charge is 1.00 e. The molecule has 0 bridgehead atoms. The van der Waals surface area contributed by atoms with Crippen LogP contribution < -0.4 is 67.1 Å². The third-order valence-corrected chi connectivity index (χ3v) is 4.54. The average molecular weight is 389 g/mol. The number of carbonyl (C=O) groups excluding carboxylic acids is 2. The fourth-order valence-electron chi connectivity index (χ4n) is 2.92. The van der Waals surface area contributed by atoms with Crippen molar-refractivity contribution in [2.75, 3.05) is 5.32 Å². The fraction of sp³-hybridized carbons (Fsp3) is 0.200. The van der Waals surface area contributed by atoms with Crippen LogP contribution in [0.3, 0.4) is 0 Å². The van der Waals surface area contributed by atoms with Gasteiger partial charge in [-0.3, -0.25) is 0 Å². The monoisotopic (exact) mass is 389 g/mol. The Morgan fingerprint density at radius 3 is 2.59 bits per heavy atom. The maximum atomic E-state index is 12.3. The van der Waals surface area contributed by atoms with Gasteiger partial charge in [0, 0.05) is 29.2 Å². The number of hydrogen-bond acceptors (Lipinski definition) is 3. The Bertz CT molecular complexity index is 968. The third-order valence-electron chi connectivity index (χ3n) is 4.54. The average Bonchev–Trinajstić information content (AvgIpc) is 3.01. The molecule has 0 fully saturated rings. The number of carboxylic acid groups (broad SMARTS) is 1. The van der Waals surface area contributed by atoms with Gasteiger partial charge in [0.05, 0.1) is 12.0 Å². The Morgan fingerprint density at radius 1 is 1.11 bits per heavy atom. The minimum Gasteiger partial charge on any atom is -0.548 e. The van der Waals surface area contributed by atoms with Crippen LogP contribution in [-0.2, 0) is 11.2 Å². The van der Waals surface area contributed by atoms with Crippen LogP contribution in [0.25, 0.3) is 10.9 Å². The fourth-order valence-corrected chi connectivity index (χ4v) is 2.92. The number of amides is 2. The third kappa shape index (κ3) is 5.21. The number of aryl methyl sites for hydroxylation is 1. The van der Waals surface area contributed by atoms with E-state index in [9.17, 15) is 14.7 Å². The van der Waals surface area contributed by atoms with Gasteiger partial charge in [0.15, 0.2) is 0 Å². The molecule has 2 amide bonds. The molecule has 0 saturated heterocycles. The number of benzene rings is 2. The zero-order chi connectivity index (χ0) is 18.7. The van der Waals surface area contributed by atoms with Crippen LogP contribution in [0.1, 0.15) is 16.7 Å². The predicted molar refractivity (Wildman–Crippen MR) is 98.9 cm³/mol. The van der Waals surface area contributed by atoms with E-state index >= 15 is 0 Å². The Morgan fingerprint density at radius 2 is 1.85 bits per heavy atom. The summed E-state index contributed by atoms with van der Waals surface area (Å²) in [5.74, 6) is -1.33. The van der Waals surface area contributed by atoms with E-state index in [1.54, 1.807) is 12.3 Å². The molecule has 3 N–H and O–H groups in total. The van der Waals surface area contributed by atoms with Gasteiger partial charge in [0.1, 0.15) is 0 Å². The van der Waals surface area contributed by atoms with Crippen LogP contribution in [-0.4, -0.2) is 23.0 Å². The van der Waals surface area contributed by atoms with E-state index in [2.05, 4.69) is 15.6 Å². The molecule has 0 aliphatic heterocycles. The molecule has 7 heteroatoms. The first-order chi connectivity index (χ1) is 12.5. The molecular weight excluding hydrogens is 369 g/mol. The first-order valence-corrected chi connectivity index (χ1v) is 8.35. The summed E-state index contributed by atoms with van der Waals surface area (Å²) < 4.78 is 0. The number of urea groups is 1. The van der Waals surface area contributed by atoms with Crippen LogP contribution in [0.2, 0.25) is 0 Å². The van der Waals surface area contributed by atoms with Gasteiger partial charge in [-0.2, -0.15) is 0 Å². The maximum Gasteiger partial charge on any atom is 1.00 e. The molecular formula is C20H20KN3O3. The van der Waals surface area contributed by atoms with E-state index < -0.39 is 18.0 Å². The molecule has 0 radical (unpaired) electrons. The number of aliphatic carboxylic acids is 1. The summed E-state index contributed by atoms with van der Waals surface area (Å²) in [6.45, 7) is 3.84. The molecule has 1 heterocycles. The van der Waals surface area contributed by atoms with E-state index in [4.69, 9.17) is 0 Å². The smallest absolute Gasteiger partial charge is 0.548 e. The van der Waals surface area contributed by atoms with Gasteiger partial charge in [-0.1, -0.05) is 30.3 Å². The Labute approximate surface area is 200 Å². The first kappa shape index (κ1) is 21.7. The summed E-state index contributed by atoms with van der Waals surface area (Å²) in [4.78, 5) is 26.9. The number of aromatic nitrogens is 1. The summed E-state index contributed by atoms with van der Waals surface area (Å²) in [5, 5.41) is 17.6. The van der Waals surface area contributed by atoms with Crippen molar-refractivity contribution in [2.24, 2.45) is 0 Å². The minimum absolute atomic E-state index is 0. The topological polar surface area (TPSA) is 97.1 Å². The molecule has 134 valence electrons. The number of carboxylic acids is 1. The molecule has 0 aliphatic carbocycles. The zero-order valence-corrected chi connectivity index (χ0v) is 18.8. The number of aromatic amines is 1. The number of anilines is 1. The van der Waals surface area contributed by atoms with Crippen LogP contribution >= 0.6 is 0 Å². The second-order valence-corrected chi connectivity index (χ2v) is 6.28. The Kier molecular flexibility index (Phi) is 7.64. The second kappa shape index (κ2) is 9.52. The maximum absolute atomic E-state index is 12.3. The molecule has 3 aromatic rings. The van der Waals surface area contributed by atoms with Gasteiger partial charge in [-0.15, -0.1) is 0 Å². The van der Waals surface area contributed by atoms with Crippen LogP contribution in [0.5, 0.6) is 0 Å². The van der Waals surface area contributed by atoms with E-state index in [0.29, 0.717) is 5.69 Å². The van der Waals surface area contributed by atoms with E-state index in [1.807, 2.05) is 50.2 Å². The van der Waals surface area contributed by atoms with Crippen LogP contribution in [0.15, 0.2) is 48.7 Å². The SMILES string of the molecule is Cc1cccc(NC(=O)N[C@H](Cc2c[nH]c3ccccc23)C(=O)[O-])c1C.[K+]. The second-order valence-electron chi connectivity index (χ2n) is 6.28. The molecule has 1 aromatic heterocycles. The normalized spacial score (nSPS) is 11.5. The number of rotatable bonds is 5. The number of H-pyrrole nitrogens is 1. The van der Waals surface area contributed by atoms with Crippen molar-refractivity contribution in [3.05, 3.63) is 65.4 Å². The number of nitrogens with one attached hydrogen (secondary N) is 3. The molecule has 0 spiro atoms. The van der Waals surface area contributed by atoms with Crippen molar-refractivity contribution in [1.82, 2.24) is 10.3 Å². The molecule has 6 nitrogen and oxygen atoms in total. The van der Waals surface area contributed by atoms with E-state index in [1.165, 1.54) is 0 Å². The first-order valence-electron chi connectivity index (χ1n) is 8.35. The molecule has 3 rings (SSSR count). The number of fused-ring (bicyclic) bond motifs is 1. The van der Waals surface area contributed by atoms with Gasteiger partial charge in [0.2, 0.25) is 0 Å². The van der Waals surface area contributed by atoms with Gasteiger partial charge >= 0.3 is 57.4 Å². The van der Waals surface area contributed by atoms with E-state index in [-0.39, 0.29) is 57.8 Å². The van der Waals surface area contributed by atoms with Crippen LogP contribution in [0.4, 0.5) is 10.5 Å². The summed E-state index contributed by atoms with van der Waals surface area (Å²) in [7, 11) is 0. The molecule has 0 saturated carbocycles. The number of para-hydroxylation sites is 1. The standard InChI is InChI=1S/C20H21N3O3.K/c1-12-6-5-9-16(13(12)2)22-20(26)23-18(19(24)25)10-14-11-21-17-8-4-3-7-15(14)17;/h3-9,11,18,21H,10H2,1-2H3,(H,24,25)(H2,22,23,26);/q;+1/p-1/t18-;/m1./s1. The Hall–Kier alpha value is -1.64. The molecule has 0 aliphatic rings. The van der Waals surface area contributed by atoms with Crippen molar-refractivity contribution >= 4 is 28.6 Å². The van der Waals surface area contributed by atoms with Gasteiger partial charge < -0.3 is 25.5 Å². The van der Waals surface area contributed by atoms with Crippen LogP contribution in [0, 0.1) is 13.8 Å². The van der Waals surface area contributed by atoms with Crippen molar-refractivity contribution < 1.29 is 66.1 Å². The van der Waals surface area contributed by atoms with Gasteiger partial charge in [-0.25, -0.2) is 4.79 Å². The quantitative estimate of drug-likeness (QED) is 0.502. The van der Waals surface area contributed by atoms with Gasteiger partial charge in [0.25, 0.3) is 0 Å². The van der Waals surface area contributed by atoms with Crippen molar-refractivity contribution in [2.45, 2.75) is 26.3 Å². The minimum atomic E-state index is -1.33. The van der Waals surface area contributed by atoms with E-state index in [0.717, 1.165) is 27.6 Å². The molecule has 27 heavy (non-hydrogen) atoms. The van der Waals surface area contributed by atoms with Crippen molar-refractivity contribution in [1.29, 1.82) is 0 Å². The number of carbonyl (C=O) groups is 2. The zero-order valence-electron chi connectivity index (χ0n) is 15.6. The molecule has 0 unspecified atom stereocenters. The number of hydrogen-bond donors (Lipinski definition) is 3.